The number of rotatable bonds is 6. The molecule has 0 spiro atoms. The Balaban J connectivity index is 1.29. The number of ether oxygens (including phenoxy) is 1. The first kappa shape index (κ1) is 21.0. The minimum Gasteiger partial charge on any atom is -0.461 e. The van der Waals surface area contributed by atoms with Crippen LogP contribution >= 0.6 is 22.7 Å². The second-order valence-corrected chi connectivity index (χ2v) is 9.57. The van der Waals surface area contributed by atoms with E-state index in [0.29, 0.717) is 44.9 Å². The van der Waals surface area contributed by atoms with E-state index in [1.165, 1.54) is 11.3 Å². The van der Waals surface area contributed by atoms with Crippen LogP contribution < -0.4 is 0 Å². The fourth-order valence-electron chi connectivity index (χ4n) is 4.06. The van der Waals surface area contributed by atoms with Gasteiger partial charge in [0, 0.05) is 42.2 Å². The molecule has 2 amide bonds. The molecule has 2 aromatic rings. The van der Waals surface area contributed by atoms with Gasteiger partial charge in [-0.2, -0.15) is 0 Å². The Morgan fingerprint density at radius 1 is 1.27 bits per heavy atom. The number of thiazole rings is 1. The molecular weight excluding hydrogens is 422 g/mol. The standard InChI is InChI=1S/C21H25N3O4S2/c1-2-28-21(27)17-13-30-19(22-17)14-5-7-23(8-6-14)20(26)15-10-18(25)24(11-15)12-16-4-3-9-29-16/h3-4,9,13-15H,2,5-8,10-12H2,1H3. The van der Waals surface area contributed by atoms with Crippen molar-refractivity contribution in [3.63, 3.8) is 0 Å². The molecule has 1 unspecified atom stereocenters. The van der Waals surface area contributed by atoms with Gasteiger partial charge < -0.3 is 14.5 Å². The number of nitrogens with zero attached hydrogens (tertiary/aromatic N) is 3. The normalized spacial score (nSPS) is 20.0. The van der Waals surface area contributed by atoms with E-state index < -0.39 is 0 Å². The lowest BCUT2D eigenvalue weighted by Gasteiger charge is -2.32. The van der Waals surface area contributed by atoms with Gasteiger partial charge in [0.1, 0.15) is 0 Å². The number of thiophene rings is 1. The molecular formula is C21H25N3O4S2. The summed E-state index contributed by atoms with van der Waals surface area (Å²) in [4.78, 5) is 46.4. The van der Waals surface area contributed by atoms with E-state index in [9.17, 15) is 14.4 Å². The number of hydrogen-bond donors (Lipinski definition) is 0. The highest BCUT2D eigenvalue weighted by molar-refractivity contribution is 7.10. The highest BCUT2D eigenvalue weighted by Gasteiger charge is 2.37. The second kappa shape index (κ2) is 9.26. The van der Waals surface area contributed by atoms with Crippen LogP contribution in [0.5, 0.6) is 0 Å². The fourth-order valence-corrected chi connectivity index (χ4v) is 5.74. The largest absolute Gasteiger partial charge is 0.461 e. The van der Waals surface area contributed by atoms with Crippen LogP contribution in [0.4, 0.5) is 0 Å². The molecule has 9 heteroatoms. The first-order valence-corrected chi connectivity index (χ1v) is 12.0. The van der Waals surface area contributed by atoms with Crippen LogP contribution in [0.25, 0.3) is 0 Å². The quantitative estimate of drug-likeness (QED) is 0.636. The van der Waals surface area contributed by atoms with Gasteiger partial charge in [0.05, 0.1) is 24.1 Å². The van der Waals surface area contributed by atoms with Gasteiger partial charge in [-0.1, -0.05) is 6.07 Å². The molecule has 2 aliphatic rings. The minimum absolute atomic E-state index is 0.0610. The second-order valence-electron chi connectivity index (χ2n) is 7.65. The van der Waals surface area contributed by atoms with Crippen molar-refractivity contribution in [1.29, 1.82) is 0 Å². The van der Waals surface area contributed by atoms with Crippen molar-refractivity contribution in [3.8, 4) is 0 Å². The molecule has 0 bridgehead atoms. The highest BCUT2D eigenvalue weighted by Crippen LogP contribution is 2.32. The summed E-state index contributed by atoms with van der Waals surface area (Å²) in [5.74, 6) is -0.231. The molecule has 2 saturated heterocycles. The number of amides is 2. The van der Waals surface area contributed by atoms with Gasteiger partial charge in [-0.25, -0.2) is 9.78 Å². The molecule has 0 aliphatic carbocycles. The predicted octanol–water partition coefficient (Wildman–Crippen LogP) is 3.14. The number of carbonyl (C=O) groups is 3. The first-order chi connectivity index (χ1) is 14.5. The molecule has 30 heavy (non-hydrogen) atoms. The van der Waals surface area contributed by atoms with Crippen LogP contribution in [-0.4, -0.2) is 58.8 Å². The number of esters is 1. The molecule has 0 N–H and O–H groups in total. The molecule has 0 aromatic carbocycles. The molecule has 2 fully saturated rings. The van der Waals surface area contributed by atoms with Crippen molar-refractivity contribution in [2.75, 3.05) is 26.2 Å². The fraction of sp³-hybridized carbons (Fsp3) is 0.524. The summed E-state index contributed by atoms with van der Waals surface area (Å²) < 4.78 is 5.01. The summed E-state index contributed by atoms with van der Waals surface area (Å²) in [6.45, 7) is 4.53. The van der Waals surface area contributed by atoms with Crippen molar-refractivity contribution < 1.29 is 19.1 Å². The lowest BCUT2D eigenvalue weighted by atomic mass is 9.96. The van der Waals surface area contributed by atoms with Gasteiger partial charge in [-0.05, 0) is 31.2 Å². The molecule has 0 radical (unpaired) electrons. The Morgan fingerprint density at radius 2 is 2.07 bits per heavy atom. The third kappa shape index (κ3) is 4.57. The molecule has 0 saturated carbocycles. The lowest BCUT2D eigenvalue weighted by Crippen LogP contribution is -2.42. The third-order valence-electron chi connectivity index (χ3n) is 5.65. The van der Waals surface area contributed by atoms with E-state index in [2.05, 4.69) is 4.98 Å². The van der Waals surface area contributed by atoms with Crippen molar-refractivity contribution in [1.82, 2.24) is 14.8 Å². The van der Waals surface area contributed by atoms with Crippen LogP contribution in [0.15, 0.2) is 22.9 Å². The zero-order chi connectivity index (χ0) is 21.1. The maximum Gasteiger partial charge on any atom is 0.357 e. The summed E-state index contributed by atoms with van der Waals surface area (Å²) in [7, 11) is 0. The van der Waals surface area contributed by atoms with Gasteiger partial charge in [-0.3, -0.25) is 9.59 Å². The zero-order valence-electron chi connectivity index (χ0n) is 16.9. The van der Waals surface area contributed by atoms with Gasteiger partial charge in [0.25, 0.3) is 0 Å². The van der Waals surface area contributed by atoms with E-state index in [0.717, 1.165) is 22.7 Å². The number of aromatic nitrogens is 1. The van der Waals surface area contributed by atoms with Crippen molar-refractivity contribution in [2.45, 2.75) is 38.6 Å². The third-order valence-corrected chi connectivity index (χ3v) is 7.52. The van der Waals surface area contributed by atoms with Gasteiger partial charge in [0.2, 0.25) is 11.8 Å². The first-order valence-electron chi connectivity index (χ1n) is 10.3. The Labute approximate surface area is 183 Å². The minimum atomic E-state index is -0.384. The summed E-state index contributed by atoms with van der Waals surface area (Å²) in [6, 6.07) is 4.00. The lowest BCUT2D eigenvalue weighted by molar-refractivity contribution is -0.136. The van der Waals surface area contributed by atoms with Crippen LogP contribution in [0.2, 0.25) is 0 Å². The average molecular weight is 448 g/mol. The van der Waals surface area contributed by atoms with Gasteiger partial charge in [0.15, 0.2) is 5.69 Å². The molecule has 160 valence electrons. The van der Waals surface area contributed by atoms with Gasteiger partial charge in [-0.15, -0.1) is 22.7 Å². The summed E-state index contributed by atoms with van der Waals surface area (Å²) >= 11 is 3.11. The number of piperidine rings is 1. The van der Waals surface area contributed by atoms with Crippen LogP contribution in [0, 0.1) is 5.92 Å². The van der Waals surface area contributed by atoms with Crippen molar-refractivity contribution >= 4 is 40.5 Å². The summed E-state index contributed by atoms with van der Waals surface area (Å²) in [6.07, 6.45) is 1.95. The number of hydrogen-bond acceptors (Lipinski definition) is 7. The van der Waals surface area contributed by atoms with E-state index in [1.54, 1.807) is 28.5 Å². The molecule has 4 heterocycles. The van der Waals surface area contributed by atoms with Crippen molar-refractivity contribution in [3.05, 3.63) is 38.5 Å². The highest BCUT2D eigenvalue weighted by atomic mass is 32.1. The summed E-state index contributed by atoms with van der Waals surface area (Å²) in [5, 5.41) is 4.68. The topological polar surface area (TPSA) is 79.8 Å². The van der Waals surface area contributed by atoms with E-state index >= 15 is 0 Å². The maximum absolute atomic E-state index is 13.0. The average Bonchev–Trinajstić information content (AvgIpc) is 3.50. The number of likely N-dealkylation sites (tertiary alicyclic amines) is 2. The van der Waals surface area contributed by atoms with E-state index in [1.807, 2.05) is 22.4 Å². The van der Waals surface area contributed by atoms with E-state index in [-0.39, 0.29) is 29.6 Å². The SMILES string of the molecule is CCOC(=O)c1csc(C2CCN(C(=O)C3CC(=O)N(Cc4cccs4)C3)CC2)n1. The number of carbonyl (C=O) groups excluding carboxylic acids is 3. The smallest absolute Gasteiger partial charge is 0.357 e. The van der Waals surface area contributed by atoms with Crippen LogP contribution in [0.3, 0.4) is 0 Å². The molecule has 7 nitrogen and oxygen atoms in total. The molecule has 4 rings (SSSR count). The monoisotopic (exact) mass is 447 g/mol. The van der Waals surface area contributed by atoms with Crippen LogP contribution in [-0.2, 0) is 20.9 Å². The predicted molar refractivity (Wildman–Crippen MR) is 114 cm³/mol. The van der Waals surface area contributed by atoms with E-state index in [4.69, 9.17) is 4.74 Å². The Morgan fingerprint density at radius 3 is 2.77 bits per heavy atom. The molecule has 2 aromatic heterocycles. The zero-order valence-corrected chi connectivity index (χ0v) is 18.5. The Hall–Kier alpha value is -2.26. The van der Waals surface area contributed by atoms with Gasteiger partial charge >= 0.3 is 5.97 Å². The Bertz CT molecular complexity index is 903. The molecule has 1 atom stereocenters. The Kier molecular flexibility index (Phi) is 6.48. The van der Waals surface area contributed by atoms with Crippen molar-refractivity contribution in [2.24, 2.45) is 5.92 Å². The summed E-state index contributed by atoms with van der Waals surface area (Å²) in [5.41, 5.74) is 0.366. The molecule has 2 aliphatic heterocycles. The van der Waals surface area contributed by atoms with Crippen LogP contribution in [0.1, 0.15) is 52.5 Å². The maximum atomic E-state index is 13.0.